The zero-order valence-corrected chi connectivity index (χ0v) is 13.0. The van der Waals surface area contributed by atoms with Crippen LogP contribution in [0.3, 0.4) is 0 Å². The van der Waals surface area contributed by atoms with Crippen molar-refractivity contribution in [3.05, 3.63) is 39.6 Å². The van der Waals surface area contributed by atoms with E-state index in [0.29, 0.717) is 21.6 Å². The molecule has 6 nitrogen and oxygen atoms in total. The molecule has 0 amide bonds. The van der Waals surface area contributed by atoms with Gasteiger partial charge < -0.3 is 27.4 Å². The Labute approximate surface area is 133 Å². The molecule has 21 heavy (non-hydrogen) atoms. The monoisotopic (exact) mass is 328 g/mol. The highest BCUT2D eigenvalue weighted by atomic mass is 35.5. The van der Waals surface area contributed by atoms with Crippen molar-refractivity contribution in [1.82, 2.24) is 10.2 Å². The molecule has 0 unspecified atom stereocenters. The minimum absolute atomic E-state index is 0.121. The third kappa shape index (κ3) is 3.72. The van der Waals surface area contributed by atoms with E-state index in [2.05, 4.69) is 10.3 Å². The minimum Gasteiger partial charge on any atom is -0.395 e. The summed E-state index contributed by atoms with van der Waals surface area (Å²) in [6, 6.07) is 5.15. The first-order valence-corrected chi connectivity index (χ1v) is 7.25. The first-order chi connectivity index (χ1) is 10.0. The van der Waals surface area contributed by atoms with Crippen molar-refractivity contribution in [2.75, 3.05) is 26.2 Å². The third-order valence-electron chi connectivity index (χ3n) is 3.19. The molecule has 0 aromatic heterocycles. The zero-order chi connectivity index (χ0) is 15.4. The van der Waals surface area contributed by atoms with Gasteiger partial charge in [-0.05, 0) is 6.07 Å². The summed E-state index contributed by atoms with van der Waals surface area (Å²) in [6.07, 6.45) is 0. The van der Waals surface area contributed by atoms with Crippen LogP contribution in [-0.4, -0.2) is 37.0 Å². The lowest BCUT2D eigenvalue weighted by molar-refractivity contribution is 0.354. The van der Waals surface area contributed by atoms with Gasteiger partial charge in [0, 0.05) is 31.7 Å². The molecule has 7 N–H and O–H groups in total. The molecule has 1 heterocycles. The largest absolute Gasteiger partial charge is 0.395 e. The van der Waals surface area contributed by atoms with Crippen LogP contribution in [0.25, 0.3) is 5.70 Å². The molecule has 0 spiro atoms. The average Bonchev–Trinajstić information content (AvgIpc) is 2.50. The molecule has 2 rings (SSSR count). The number of rotatable bonds is 2. The van der Waals surface area contributed by atoms with Crippen LogP contribution in [0.15, 0.2) is 29.0 Å². The number of guanidine groups is 1. The first-order valence-electron chi connectivity index (χ1n) is 6.50. The lowest BCUT2D eigenvalue weighted by atomic mass is 10.1. The van der Waals surface area contributed by atoms with E-state index >= 15 is 0 Å². The number of nitrogens with one attached hydrogen (secondary N) is 1. The molecular weight excluding hydrogens is 311 g/mol. The van der Waals surface area contributed by atoms with Crippen molar-refractivity contribution in [2.24, 2.45) is 22.2 Å². The first kappa shape index (κ1) is 15.8. The fraction of sp³-hybridized carbons (Fsp3) is 0.308. The smallest absolute Gasteiger partial charge is 0.198 e. The standard InChI is InChI=1S/C13H18Cl2N6/c14-9-3-1-2-8(10(9)15)11(16)12(17)20-13(18)21-6-4-19-5-7-21/h1-3,19H,4-7,16-17H2,(H2,18,20)/b12-11-. The van der Waals surface area contributed by atoms with Crippen LogP contribution in [0.2, 0.25) is 10.0 Å². The van der Waals surface area contributed by atoms with Gasteiger partial charge in [0.25, 0.3) is 0 Å². The van der Waals surface area contributed by atoms with Crippen molar-refractivity contribution in [2.45, 2.75) is 0 Å². The van der Waals surface area contributed by atoms with Gasteiger partial charge in [0.1, 0.15) is 0 Å². The molecule has 0 saturated carbocycles. The van der Waals surface area contributed by atoms with Gasteiger partial charge in [-0.3, -0.25) is 0 Å². The summed E-state index contributed by atoms with van der Waals surface area (Å²) in [5.74, 6) is 0.463. The number of nitrogens with two attached hydrogens (primary N) is 3. The fourth-order valence-electron chi connectivity index (χ4n) is 2.00. The molecule has 1 aliphatic heterocycles. The van der Waals surface area contributed by atoms with Crippen LogP contribution in [0, 0.1) is 0 Å². The summed E-state index contributed by atoms with van der Waals surface area (Å²) in [4.78, 5) is 6.11. The molecule has 0 radical (unpaired) electrons. The number of aliphatic imine (C=N–C) groups is 1. The Morgan fingerprint density at radius 1 is 1.14 bits per heavy atom. The number of piperazine rings is 1. The molecule has 1 aromatic carbocycles. The van der Waals surface area contributed by atoms with E-state index in [1.807, 2.05) is 4.90 Å². The summed E-state index contributed by atoms with van der Waals surface area (Å²) in [5, 5.41) is 3.98. The summed E-state index contributed by atoms with van der Waals surface area (Å²) < 4.78 is 0. The maximum absolute atomic E-state index is 6.12. The van der Waals surface area contributed by atoms with Crippen molar-refractivity contribution in [3.63, 3.8) is 0 Å². The highest BCUT2D eigenvalue weighted by Crippen LogP contribution is 2.29. The lowest BCUT2D eigenvalue weighted by Crippen LogP contribution is -2.49. The second-order valence-electron chi connectivity index (χ2n) is 4.61. The second-order valence-corrected chi connectivity index (χ2v) is 5.39. The topological polar surface area (TPSA) is 106 Å². The Balaban J connectivity index is 2.27. The van der Waals surface area contributed by atoms with Crippen LogP contribution < -0.4 is 22.5 Å². The molecule has 0 aliphatic carbocycles. The maximum Gasteiger partial charge on any atom is 0.198 e. The summed E-state index contributed by atoms with van der Waals surface area (Å²) in [5.41, 5.74) is 18.7. The van der Waals surface area contributed by atoms with E-state index in [9.17, 15) is 0 Å². The van der Waals surface area contributed by atoms with Gasteiger partial charge in [0.15, 0.2) is 11.8 Å². The highest BCUT2D eigenvalue weighted by molar-refractivity contribution is 6.43. The molecule has 1 aliphatic rings. The number of halogens is 2. The Bertz CT molecular complexity index is 578. The van der Waals surface area contributed by atoms with Crippen molar-refractivity contribution in [1.29, 1.82) is 0 Å². The van der Waals surface area contributed by atoms with E-state index < -0.39 is 0 Å². The number of benzene rings is 1. The van der Waals surface area contributed by atoms with Crippen molar-refractivity contribution in [3.8, 4) is 0 Å². The molecule has 0 bridgehead atoms. The minimum atomic E-state index is 0.121. The van der Waals surface area contributed by atoms with Crippen molar-refractivity contribution >= 4 is 34.9 Å². The Morgan fingerprint density at radius 3 is 2.48 bits per heavy atom. The SMILES string of the molecule is NC(/N=C(\N)N1CCNCC1)=C(/N)c1cccc(Cl)c1Cl. The van der Waals surface area contributed by atoms with E-state index in [4.69, 9.17) is 40.4 Å². The van der Waals surface area contributed by atoms with Gasteiger partial charge >= 0.3 is 0 Å². The van der Waals surface area contributed by atoms with Crippen LogP contribution in [0.1, 0.15) is 5.56 Å². The fourth-order valence-corrected chi connectivity index (χ4v) is 2.40. The Hall–Kier alpha value is -1.63. The van der Waals surface area contributed by atoms with Gasteiger partial charge in [-0.2, -0.15) is 4.99 Å². The predicted octanol–water partition coefficient (Wildman–Crippen LogP) is 0.757. The van der Waals surface area contributed by atoms with Gasteiger partial charge in [-0.15, -0.1) is 0 Å². The van der Waals surface area contributed by atoms with Crippen molar-refractivity contribution < 1.29 is 0 Å². The highest BCUT2D eigenvalue weighted by Gasteiger charge is 2.13. The number of hydrogen-bond donors (Lipinski definition) is 4. The normalized spacial score (nSPS) is 17.6. The van der Waals surface area contributed by atoms with E-state index in [1.165, 1.54) is 0 Å². The average molecular weight is 329 g/mol. The Kier molecular flexibility index (Phi) is 5.17. The van der Waals surface area contributed by atoms with Crippen LogP contribution in [0.5, 0.6) is 0 Å². The van der Waals surface area contributed by atoms with Crippen LogP contribution in [0.4, 0.5) is 0 Å². The number of hydrogen-bond acceptors (Lipinski definition) is 4. The molecule has 1 aromatic rings. The predicted molar refractivity (Wildman–Crippen MR) is 87.8 cm³/mol. The van der Waals surface area contributed by atoms with E-state index in [0.717, 1.165) is 26.2 Å². The summed E-state index contributed by atoms with van der Waals surface area (Å²) in [6.45, 7) is 3.27. The molecule has 1 saturated heterocycles. The molecule has 8 heteroatoms. The zero-order valence-electron chi connectivity index (χ0n) is 11.4. The van der Waals surface area contributed by atoms with Gasteiger partial charge in [-0.25, -0.2) is 0 Å². The van der Waals surface area contributed by atoms with Crippen LogP contribution in [-0.2, 0) is 0 Å². The number of nitrogens with zero attached hydrogens (tertiary/aromatic N) is 2. The quantitative estimate of drug-likeness (QED) is 0.473. The summed E-state index contributed by atoms with van der Waals surface area (Å²) in [7, 11) is 0. The van der Waals surface area contributed by atoms with Gasteiger partial charge in [0.2, 0.25) is 0 Å². The van der Waals surface area contributed by atoms with Crippen LogP contribution >= 0.6 is 23.2 Å². The maximum atomic E-state index is 6.12. The Morgan fingerprint density at radius 2 is 1.81 bits per heavy atom. The van der Waals surface area contributed by atoms with Gasteiger partial charge in [0.05, 0.1) is 15.7 Å². The van der Waals surface area contributed by atoms with Gasteiger partial charge in [-0.1, -0.05) is 35.3 Å². The lowest BCUT2D eigenvalue weighted by Gasteiger charge is -2.28. The van der Waals surface area contributed by atoms with E-state index in [1.54, 1.807) is 18.2 Å². The molecular formula is C13H18Cl2N6. The second kappa shape index (κ2) is 6.89. The summed E-state index contributed by atoms with van der Waals surface area (Å²) >= 11 is 12.1. The third-order valence-corrected chi connectivity index (χ3v) is 4.01. The molecule has 1 fully saturated rings. The molecule has 0 atom stereocenters. The van der Waals surface area contributed by atoms with E-state index in [-0.39, 0.29) is 11.5 Å². The molecule has 114 valence electrons.